The first kappa shape index (κ1) is 17.5. The molecule has 4 heteroatoms. The van der Waals surface area contributed by atoms with Crippen LogP contribution in [0.1, 0.15) is 24.0 Å². The number of nitrogens with one attached hydrogen (secondary N) is 1. The summed E-state index contributed by atoms with van der Waals surface area (Å²) in [5, 5.41) is 3.68. The van der Waals surface area contributed by atoms with Gasteiger partial charge in [0.25, 0.3) is 0 Å². The maximum atomic E-state index is 5.95. The summed E-state index contributed by atoms with van der Waals surface area (Å²) in [6, 6.07) is 17.2. The predicted molar refractivity (Wildman–Crippen MR) is 102 cm³/mol. The van der Waals surface area contributed by atoms with Crippen LogP contribution in [0.25, 0.3) is 0 Å². The van der Waals surface area contributed by atoms with Gasteiger partial charge >= 0.3 is 0 Å². The van der Waals surface area contributed by atoms with Crippen molar-refractivity contribution in [3.8, 4) is 5.75 Å². The maximum absolute atomic E-state index is 5.95. The van der Waals surface area contributed by atoms with E-state index in [9.17, 15) is 0 Å². The van der Waals surface area contributed by atoms with Crippen LogP contribution < -0.4 is 10.1 Å². The Kier molecular flexibility index (Phi) is 6.30. The highest BCUT2D eigenvalue weighted by atomic mass is 79.9. The zero-order chi connectivity index (χ0) is 16.8. The van der Waals surface area contributed by atoms with E-state index in [1.165, 1.54) is 37.1 Å². The van der Waals surface area contributed by atoms with Crippen LogP contribution in [0.3, 0.4) is 0 Å². The minimum atomic E-state index is 0.596. The van der Waals surface area contributed by atoms with Crippen molar-refractivity contribution in [2.24, 2.45) is 0 Å². The van der Waals surface area contributed by atoms with Crippen LogP contribution in [0.4, 0.5) is 0 Å². The van der Waals surface area contributed by atoms with E-state index in [-0.39, 0.29) is 0 Å². The molecule has 0 unspecified atom stereocenters. The monoisotopic (exact) mass is 388 g/mol. The number of benzene rings is 2. The van der Waals surface area contributed by atoms with E-state index in [1.54, 1.807) is 0 Å². The highest BCUT2D eigenvalue weighted by Gasteiger charge is 2.15. The van der Waals surface area contributed by atoms with Gasteiger partial charge in [-0.3, -0.25) is 0 Å². The van der Waals surface area contributed by atoms with Crippen molar-refractivity contribution in [1.29, 1.82) is 0 Å². The second kappa shape index (κ2) is 8.65. The average molecular weight is 389 g/mol. The zero-order valence-corrected chi connectivity index (χ0v) is 15.8. The molecule has 2 aromatic rings. The molecule has 3 rings (SSSR count). The second-order valence-corrected chi connectivity index (χ2v) is 7.44. The van der Waals surface area contributed by atoms with Crippen molar-refractivity contribution in [3.05, 3.63) is 64.1 Å². The second-order valence-electron chi connectivity index (χ2n) is 6.53. The highest BCUT2D eigenvalue weighted by Crippen LogP contribution is 2.23. The third-order valence-corrected chi connectivity index (χ3v) is 4.95. The number of likely N-dealkylation sites (tertiary alicyclic amines) is 1. The van der Waals surface area contributed by atoms with Gasteiger partial charge in [-0.2, -0.15) is 0 Å². The Bertz CT molecular complexity index is 639. The molecule has 1 N–H and O–H groups in total. The Morgan fingerprint density at radius 2 is 1.83 bits per heavy atom. The molecule has 0 amide bonds. The SMILES string of the molecule is CN1CCC(NCc2cc(Br)cc(OCc3ccccc3)c2)CC1. The lowest BCUT2D eigenvalue weighted by Crippen LogP contribution is -2.40. The number of halogens is 1. The van der Waals surface area contributed by atoms with E-state index in [4.69, 9.17) is 4.74 Å². The van der Waals surface area contributed by atoms with Gasteiger partial charge in [0.2, 0.25) is 0 Å². The summed E-state index contributed by atoms with van der Waals surface area (Å²) in [5.41, 5.74) is 2.44. The summed E-state index contributed by atoms with van der Waals surface area (Å²) in [4.78, 5) is 2.40. The van der Waals surface area contributed by atoms with Crippen LogP contribution in [0.5, 0.6) is 5.75 Å². The van der Waals surface area contributed by atoms with E-state index in [0.717, 1.165) is 16.8 Å². The normalized spacial score (nSPS) is 16.2. The van der Waals surface area contributed by atoms with Gasteiger partial charge in [0.1, 0.15) is 12.4 Å². The van der Waals surface area contributed by atoms with Crippen LogP contribution in [-0.2, 0) is 13.2 Å². The van der Waals surface area contributed by atoms with Gasteiger partial charge in [0.05, 0.1) is 0 Å². The largest absolute Gasteiger partial charge is 0.489 e. The third kappa shape index (κ3) is 5.33. The summed E-state index contributed by atoms with van der Waals surface area (Å²) in [7, 11) is 2.20. The third-order valence-electron chi connectivity index (χ3n) is 4.49. The topological polar surface area (TPSA) is 24.5 Å². The molecule has 0 aliphatic carbocycles. The first-order valence-electron chi connectivity index (χ1n) is 8.57. The molecular formula is C20H25BrN2O. The minimum absolute atomic E-state index is 0.596. The molecule has 24 heavy (non-hydrogen) atoms. The van der Waals surface area contributed by atoms with Gasteiger partial charge in [-0.1, -0.05) is 46.3 Å². The van der Waals surface area contributed by atoms with Gasteiger partial charge in [-0.15, -0.1) is 0 Å². The molecule has 1 heterocycles. The van der Waals surface area contributed by atoms with Crippen molar-refractivity contribution in [2.75, 3.05) is 20.1 Å². The summed E-state index contributed by atoms with van der Waals surface area (Å²) < 4.78 is 7.02. The quantitative estimate of drug-likeness (QED) is 0.801. The first-order valence-corrected chi connectivity index (χ1v) is 9.36. The molecule has 0 spiro atoms. The molecule has 1 aliphatic rings. The predicted octanol–water partition coefficient (Wildman–Crippen LogP) is 4.21. The number of hydrogen-bond acceptors (Lipinski definition) is 3. The summed E-state index contributed by atoms with van der Waals surface area (Å²) in [6.45, 7) is 3.85. The molecule has 0 aromatic heterocycles. The summed E-state index contributed by atoms with van der Waals surface area (Å²) in [6.07, 6.45) is 2.45. The number of ether oxygens (including phenoxy) is 1. The van der Waals surface area contributed by atoms with Gasteiger partial charge in [-0.25, -0.2) is 0 Å². The summed E-state index contributed by atoms with van der Waals surface area (Å²) in [5.74, 6) is 0.911. The number of nitrogens with zero attached hydrogens (tertiary/aromatic N) is 1. The van der Waals surface area contributed by atoms with Crippen LogP contribution in [0.2, 0.25) is 0 Å². The van der Waals surface area contributed by atoms with E-state index in [0.29, 0.717) is 12.6 Å². The van der Waals surface area contributed by atoms with Gasteiger partial charge in [-0.05, 0) is 62.3 Å². The van der Waals surface area contributed by atoms with Gasteiger partial charge < -0.3 is 15.0 Å². The first-order chi connectivity index (χ1) is 11.7. The van der Waals surface area contributed by atoms with E-state index >= 15 is 0 Å². The molecular weight excluding hydrogens is 364 g/mol. The van der Waals surface area contributed by atoms with Crippen LogP contribution >= 0.6 is 15.9 Å². The standard InChI is InChI=1S/C20H25BrN2O/c1-23-9-7-19(8-10-23)22-14-17-11-18(21)13-20(12-17)24-15-16-5-3-2-4-6-16/h2-6,11-13,19,22H,7-10,14-15H2,1H3. The Labute approximate surface area is 153 Å². The average Bonchev–Trinajstić information content (AvgIpc) is 2.60. The Morgan fingerprint density at radius 3 is 2.58 bits per heavy atom. The van der Waals surface area contributed by atoms with Crippen LogP contribution in [0, 0.1) is 0 Å². The minimum Gasteiger partial charge on any atom is -0.489 e. The van der Waals surface area contributed by atoms with Crippen molar-refractivity contribution in [1.82, 2.24) is 10.2 Å². The Balaban J connectivity index is 1.55. The lowest BCUT2D eigenvalue weighted by atomic mass is 10.1. The van der Waals surface area contributed by atoms with E-state index in [2.05, 4.69) is 57.5 Å². The van der Waals surface area contributed by atoms with Crippen LogP contribution in [0.15, 0.2) is 53.0 Å². The fourth-order valence-corrected chi connectivity index (χ4v) is 3.54. The lowest BCUT2D eigenvalue weighted by molar-refractivity contribution is 0.234. The molecule has 0 radical (unpaired) electrons. The lowest BCUT2D eigenvalue weighted by Gasteiger charge is -2.29. The smallest absolute Gasteiger partial charge is 0.121 e. The molecule has 1 saturated heterocycles. The molecule has 3 nitrogen and oxygen atoms in total. The van der Waals surface area contributed by atoms with E-state index < -0.39 is 0 Å². The van der Waals surface area contributed by atoms with E-state index in [1.807, 2.05) is 24.3 Å². The Morgan fingerprint density at radius 1 is 1.08 bits per heavy atom. The van der Waals surface area contributed by atoms with Crippen LogP contribution in [-0.4, -0.2) is 31.1 Å². The molecule has 1 aliphatic heterocycles. The number of hydrogen-bond donors (Lipinski definition) is 1. The molecule has 0 saturated carbocycles. The molecule has 2 aromatic carbocycles. The van der Waals surface area contributed by atoms with Crippen molar-refractivity contribution < 1.29 is 4.74 Å². The number of piperidine rings is 1. The van der Waals surface area contributed by atoms with Crippen molar-refractivity contribution in [3.63, 3.8) is 0 Å². The zero-order valence-electron chi connectivity index (χ0n) is 14.2. The molecule has 0 atom stereocenters. The fraction of sp³-hybridized carbons (Fsp3) is 0.400. The molecule has 1 fully saturated rings. The Hall–Kier alpha value is -1.36. The van der Waals surface area contributed by atoms with Crippen molar-refractivity contribution in [2.45, 2.75) is 32.0 Å². The van der Waals surface area contributed by atoms with Gasteiger partial charge in [0.15, 0.2) is 0 Å². The summed E-state index contributed by atoms with van der Waals surface area (Å²) >= 11 is 3.60. The van der Waals surface area contributed by atoms with Crippen molar-refractivity contribution >= 4 is 15.9 Å². The maximum Gasteiger partial charge on any atom is 0.121 e. The fourth-order valence-electron chi connectivity index (χ4n) is 3.02. The van der Waals surface area contributed by atoms with Gasteiger partial charge in [0, 0.05) is 17.1 Å². The number of rotatable bonds is 6. The highest BCUT2D eigenvalue weighted by molar-refractivity contribution is 9.10. The molecule has 0 bridgehead atoms. The molecule has 128 valence electrons.